The highest BCUT2D eigenvalue weighted by atomic mass is 19.1. The van der Waals surface area contributed by atoms with Gasteiger partial charge in [0.15, 0.2) is 5.96 Å². The minimum Gasteiger partial charge on any atom is -0.469 e. The Bertz CT molecular complexity index is 537. The SMILES string of the molecule is CN=C(NCCc1ccc(F)cc1)N1CCC(C(=O)OC)CC1. The number of methoxy groups -OCH3 is 1. The number of carbonyl (C=O) groups is 1. The first-order valence-electron chi connectivity index (χ1n) is 7.92. The fourth-order valence-corrected chi connectivity index (χ4v) is 2.80. The molecule has 1 saturated heterocycles. The van der Waals surface area contributed by atoms with E-state index in [1.807, 2.05) is 0 Å². The zero-order valence-corrected chi connectivity index (χ0v) is 13.7. The summed E-state index contributed by atoms with van der Waals surface area (Å²) in [5.41, 5.74) is 1.08. The summed E-state index contributed by atoms with van der Waals surface area (Å²) in [6.45, 7) is 2.31. The highest BCUT2D eigenvalue weighted by molar-refractivity contribution is 5.80. The molecule has 1 N–H and O–H groups in total. The molecule has 1 aromatic rings. The maximum Gasteiger partial charge on any atom is 0.308 e. The van der Waals surface area contributed by atoms with Gasteiger partial charge in [-0.3, -0.25) is 9.79 Å². The molecular formula is C17H24FN3O2. The van der Waals surface area contributed by atoms with Crippen molar-refractivity contribution in [1.29, 1.82) is 0 Å². The van der Waals surface area contributed by atoms with Crippen molar-refractivity contribution in [2.75, 3.05) is 33.8 Å². The van der Waals surface area contributed by atoms with Crippen molar-refractivity contribution in [3.05, 3.63) is 35.6 Å². The van der Waals surface area contributed by atoms with E-state index in [1.165, 1.54) is 19.2 Å². The number of nitrogens with one attached hydrogen (secondary N) is 1. The Hall–Kier alpha value is -2.11. The van der Waals surface area contributed by atoms with Gasteiger partial charge in [-0.25, -0.2) is 4.39 Å². The number of halogens is 1. The maximum atomic E-state index is 12.9. The molecule has 2 rings (SSSR count). The number of rotatable bonds is 4. The molecule has 6 heteroatoms. The van der Waals surface area contributed by atoms with Gasteiger partial charge in [0.1, 0.15) is 5.82 Å². The molecule has 0 aliphatic carbocycles. The van der Waals surface area contributed by atoms with Crippen LogP contribution in [0.15, 0.2) is 29.3 Å². The molecule has 1 aliphatic rings. The van der Waals surface area contributed by atoms with Gasteiger partial charge in [0.25, 0.3) is 0 Å². The van der Waals surface area contributed by atoms with Crippen LogP contribution in [0.2, 0.25) is 0 Å². The van der Waals surface area contributed by atoms with Crippen LogP contribution in [0.3, 0.4) is 0 Å². The summed E-state index contributed by atoms with van der Waals surface area (Å²) in [6, 6.07) is 6.53. The second-order valence-electron chi connectivity index (χ2n) is 5.63. The van der Waals surface area contributed by atoms with Crippen molar-refractivity contribution < 1.29 is 13.9 Å². The van der Waals surface area contributed by atoms with Crippen LogP contribution in [0.25, 0.3) is 0 Å². The highest BCUT2D eigenvalue weighted by Crippen LogP contribution is 2.18. The molecule has 5 nitrogen and oxygen atoms in total. The number of ether oxygens (including phenoxy) is 1. The zero-order valence-electron chi connectivity index (χ0n) is 13.7. The predicted molar refractivity (Wildman–Crippen MR) is 87.8 cm³/mol. The van der Waals surface area contributed by atoms with Gasteiger partial charge in [-0.1, -0.05) is 12.1 Å². The second-order valence-corrected chi connectivity index (χ2v) is 5.63. The van der Waals surface area contributed by atoms with Gasteiger partial charge in [0, 0.05) is 26.7 Å². The summed E-state index contributed by atoms with van der Waals surface area (Å²) >= 11 is 0. The van der Waals surface area contributed by atoms with Gasteiger partial charge in [0.2, 0.25) is 0 Å². The van der Waals surface area contributed by atoms with E-state index in [4.69, 9.17) is 4.74 Å². The quantitative estimate of drug-likeness (QED) is 0.522. The summed E-state index contributed by atoms with van der Waals surface area (Å²) in [6.07, 6.45) is 2.37. The average Bonchev–Trinajstić information content (AvgIpc) is 2.60. The van der Waals surface area contributed by atoms with E-state index in [1.54, 1.807) is 19.2 Å². The summed E-state index contributed by atoms with van der Waals surface area (Å²) < 4.78 is 17.7. The highest BCUT2D eigenvalue weighted by Gasteiger charge is 2.26. The van der Waals surface area contributed by atoms with E-state index in [0.29, 0.717) is 0 Å². The number of aliphatic imine (C=N–C) groups is 1. The maximum absolute atomic E-state index is 12.9. The van der Waals surface area contributed by atoms with Crippen LogP contribution >= 0.6 is 0 Å². The zero-order chi connectivity index (χ0) is 16.7. The third-order valence-corrected chi connectivity index (χ3v) is 4.15. The Kier molecular flexibility index (Phi) is 6.38. The molecule has 1 heterocycles. The summed E-state index contributed by atoms with van der Waals surface area (Å²) in [4.78, 5) is 18.0. The molecule has 1 fully saturated rings. The van der Waals surface area contributed by atoms with Gasteiger partial charge >= 0.3 is 5.97 Å². The Morgan fingerprint density at radius 1 is 1.35 bits per heavy atom. The Balaban J connectivity index is 1.77. The molecule has 0 amide bonds. The van der Waals surface area contributed by atoms with E-state index in [0.717, 1.165) is 50.4 Å². The van der Waals surface area contributed by atoms with Crippen LogP contribution in [0, 0.1) is 11.7 Å². The summed E-state index contributed by atoms with van der Waals surface area (Å²) in [5, 5.41) is 3.33. The Morgan fingerprint density at radius 2 is 2.00 bits per heavy atom. The average molecular weight is 321 g/mol. The molecule has 0 unspecified atom stereocenters. The molecule has 1 aromatic carbocycles. The monoisotopic (exact) mass is 321 g/mol. The molecule has 1 aliphatic heterocycles. The standard InChI is InChI=1S/C17H24FN3O2/c1-19-17(20-10-7-13-3-5-15(18)6-4-13)21-11-8-14(9-12-21)16(22)23-2/h3-6,14H,7-12H2,1-2H3,(H,19,20). The smallest absolute Gasteiger partial charge is 0.308 e. The first-order chi connectivity index (χ1) is 11.1. The Labute approximate surface area is 136 Å². The van der Waals surface area contributed by atoms with Crippen molar-refractivity contribution in [1.82, 2.24) is 10.2 Å². The third kappa shape index (κ3) is 4.94. The second kappa shape index (κ2) is 8.50. The van der Waals surface area contributed by atoms with Crippen LogP contribution in [0.4, 0.5) is 4.39 Å². The van der Waals surface area contributed by atoms with Crippen molar-refractivity contribution in [2.24, 2.45) is 10.9 Å². The molecule has 126 valence electrons. The number of carbonyl (C=O) groups excluding carboxylic acids is 1. The van der Waals surface area contributed by atoms with Crippen LogP contribution in [0.1, 0.15) is 18.4 Å². The van der Waals surface area contributed by atoms with Crippen molar-refractivity contribution in [2.45, 2.75) is 19.3 Å². The fraction of sp³-hybridized carbons (Fsp3) is 0.529. The first-order valence-corrected chi connectivity index (χ1v) is 7.92. The normalized spacial score (nSPS) is 16.3. The van der Waals surface area contributed by atoms with E-state index < -0.39 is 0 Å². The molecule has 0 aromatic heterocycles. The first kappa shape index (κ1) is 17.2. The molecular weight excluding hydrogens is 297 g/mol. The third-order valence-electron chi connectivity index (χ3n) is 4.15. The molecule has 0 radical (unpaired) electrons. The van der Waals surface area contributed by atoms with Gasteiger partial charge in [-0.05, 0) is 37.0 Å². The topological polar surface area (TPSA) is 53.9 Å². The van der Waals surface area contributed by atoms with Gasteiger partial charge < -0.3 is 15.0 Å². The van der Waals surface area contributed by atoms with Gasteiger partial charge in [-0.15, -0.1) is 0 Å². The summed E-state index contributed by atoms with van der Waals surface area (Å²) in [7, 11) is 3.19. The fourth-order valence-electron chi connectivity index (χ4n) is 2.80. The van der Waals surface area contributed by atoms with Gasteiger partial charge in [0.05, 0.1) is 13.0 Å². The van der Waals surface area contributed by atoms with Crippen molar-refractivity contribution >= 4 is 11.9 Å². The van der Waals surface area contributed by atoms with E-state index in [2.05, 4.69) is 15.2 Å². The number of likely N-dealkylation sites (tertiary alicyclic amines) is 1. The van der Waals surface area contributed by atoms with E-state index in [-0.39, 0.29) is 17.7 Å². The lowest BCUT2D eigenvalue weighted by Crippen LogP contribution is -2.47. The lowest BCUT2D eigenvalue weighted by Gasteiger charge is -2.33. The number of esters is 1. The summed E-state index contributed by atoms with van der Waals surface area (Å²) in [5.74, 6) is 0.499. The molecule has 0 bridgehead atoms. The van der Waals surface area contributed by atoms with Crippen LogP contribution in [-0.4, -0.2) is 50.6 Å². The number of benzene rings is 1. The van der Waals surface area contributed by atoms with Crippen molar-refractivity contribution in [3.63, 3.8) is 0 Å². The minimum absolute atomic E-state index is 0.00595. The molecule has 0 atom stereocenters. The lowest BCUT2D eigenvalue weighted by molar-refractivity contribution is -0.146. The molecule has 0 spiro atoms. The minimum atomic E-state index is -0.217. The molecule has 23 heavy (non-hydrogen) atoms. The predicted octanol–water partition coefficient (Wildman–Crippen LogP) is 1.83. The number of nitrogens with zero attached hydrogens (tertiary/aromatic N) is 2. The van der Waals surface area contributed by atoms with Gasteiger partial charge in [-0.2, -0.15) is 0 Å². The van der Waals surface area contributed by atoms with Crippen LogP contribution in [0.5, 0.6) is 0 Å². The Morgan fingerprint density at radius 3 is 2.57 bits per heavy atom. The number of hydrogen-bond acceptors (Lipinski definition) is 3. The largest absolute Gasteiger partial charge is 0.469 e. The van der Waals surface area contributed by atoms with Crippen LogP contribution in [-0.2, 0) is 16.0 Å². The van der Waals surface area contributed by atoms with Crippen LogP contribution < -0.4 is 5.32 Å². The lowest BCUT2D eigenvalue weighted by atomic mass is 9.97. The number of guanidine groups is 1. The number of piperidine rings is 1. The van der Waals surface area contributed by atoms with E-state index in [9.17, 15) is 9.18 Å². The number of hydrogen-bond donors (Lipinski definition) is 1. The van der Waals surface area contributed by atoms with Crippen molar-refractivity contribution in [3.8, 4) is 0 Å². The molecule has 0 saturated carbocycles. The van der Waals surface area contributed by atoms with E-state index >= 15 is 0 Å².